The van der Waals surface area contributed by atoms with Crippen LogP contribution >= 0.6 is 22.7 Å². The lowest BCUT2D eigenvalue weighted by atomic mass is 10.0. The van der Waals surface area contributed by atoms with Gasteiger partial charge in [-0.2, -0.15) is 0 Å². The molecule has 0 aliphatic heterocycles. The summed E-state index contributed by atoms with van der Waals surface area (Å²) in [6, 6.07) is 53.4. The summed E-state index contributed by atoms with van der Waals surface area (Å²) in [6.07, 6.45) is 0. The molecule has 0 saturated heterocycles. The van der Waals surface area contributed by atoms with E-state index in [1.54, 1.807) is 0 Å². The molecule has 3 aromatic heterocycles. The van der Waals surface area contributed by atoms with E-state index >= 15 is 0 Å². The fourth-order valence-electron chi connectivity index (χ4n) is 5.98. The number of benzene rings is 6. The van der Waals surface area contributed by atoms with E-state index in [4.69, 9.17) is 15.0 Å². The average molecular weight is 624 g/mol. The molecule has 0 atom stereocenters. The number of hydrogen-bond donors (Lipinski definition) is 0. The monoisotopic (exact) mass is 623 g/mol. The highest BCUT2D eigenvalue weighted by Gasteiger charge is 2.15. The van der Waals surface area contributed by atoms with E-state index in [0.29, 0.717) is 17.5 Å². The van der Waals surface area contributed by atoms with Gasteiger partial charge in [-0.3, -0.25) is 0 Å². The zero-order chi connectivity index (χ0) is 30.5. The molecule has 0 aliphatic carbocycles. The van der Waals surface area contributed by atoms with Crippen LogP contribution in [0.2, 0.25) is 0 Å². The third-order valence-corrected chi connectivity index (χ3v) is 10.7. The summed E-state index contributed by atoms with van der Waals surface area (Å²) >= 11 is 3.63. The second-order valence-corrected chi connectivity index (χ2v) is 13.5. The summed E-state index contributed by atoms with van der Waals surface area (Å²) in [5.74, 6) is 1.98. The SMILES string of the molecule is c1ccc(-c2ccc(-c3nc(-c4ccc(-c5cc6ccccc6s5)cc4)nc(-c4ccc5sc6ccccc6c5c4)n3)cc2)cc1. The first-order chi connectivity index (χ1) is 22.7. The lowest BCUT2D eigenvalue weighted by Crippen LogP contribution is -2.00. The molecular weight excluding hydrogens is 599 g/mol. The predicted molar refractivity (Wildman–Crippen MR) is 195 cm³/mol. The molecule has 0 bridgehead atoms. The van der Waals surface area contributed by atoms with Crippen LogP contribution in [0.1, 0.15) is 0 Å². The molecule has 9 rings (SSSR count). The van der Waals surface area contributed by atoms with Crippen molar-refractivity contribution in [2.45, 2.75) is 0 Å². The predicted octanol–water partition coefficient (Wildman–Crippen LogP) is 11.8. The second kappa shape index (κ2) is 11.1. The van der Waals surface area contributed by atoms with E-state index in [9.17, 15) is 0 Å². The van der Waals surface area contributed by atoms with Crippen molar-refractivity contribution in [3.8, 4) is 55.7 Å². The number of hydrogen-bond acceptors (Lipinski definition) is 5. The van der Waals surface area contributed by atoms with Crippen molar-refractivity contribution >= 4 is 52.9 Å². The van der Waals surface area contributed by atoms with Gasteiger partial charge >= 0.3 is 0 Å². The van der Waals surface area contributed by atoms with Crippen LogP contribution in [0, 0.1) is 0 Å². The largest absolute Gasteiger partial charge is 0.208 e. The Morgan fingerprint density at radius 3 is 1.57 bits per heavy atom. The molecular formula is C41H25N3S2. The quantitative estimate of drug-likeness (QED) is 0.191. The Kier molecular flexibility index (Phi) is 6.51. The average Bonchev–Trinajstić information content (AvgIpc) is 3.74. The van der Waals surface area contributed by atoms with Gasteiger partial charge in [-0.1, -0.05) is 115 Å². The molecule has 216 valence electrons. The Labute approximate surface area is 274 Å². The smallest absolute Gasteiger partial charge is 0.164 e. The van der Waals surface area contributed by atoms with Gasteiger partial charge in [0, 0.05) is 46.4 Å². The van der Waals surface area contributed by atoms with Gasteiger partial charge < -0.3 is 0 Å². The molecule has 0 N–H and O–H groups in total. The van der Waals surface area contributed by atoms with E-state index in [1.807, 2.05) is 28.7 Å². The van der Waals surface area contributed by atoms with Gasteiger partial charge in [0.2, 0.25) is 0 Å². The number of nitrogens with zero attached hydrogens (tertiary/aromatic N) is 3. The zero-order valence-corrected chi connectivity index (χ0v) is 26.2. The Hall–Kier alpha value is -5.49. The van der Waals surface area contributed by atoms with Gasteiger partial charge in [-0.05, 0) is 58.5 Å². The molecule has 0 unspecified atom stereocenters. The van der Waals surface area contributed by atoms with Crippen molar-refractivity contribution < 1.29 is 0 Å². The third kappa shape index (κ3) is 4.87. The van der Waals surface area contributed by atoms with Crippen molar-refractivity contribution in [2.75, 3.05) is 0 Å². The Bertz CT molecular complexity index is 2480. The zero-order valence-electron chi connectivity index (χ0n) is 24.6. The van der Waals surface area contributed by atoms with Gasteiger partial charge in [-0.15, -0.1) is 22.7 Å². The highest BCUT2D eigenvalue weighted by Crippen LogP contribution is 2.37. The van der Waals surface area contributed by atoms with Crippen LogP contribution in [-0.4, -0.2) is 15.0 Å². The lowest BCUT2D eigenvalue weighted by Gasteiger charge is -2.10. The summed E-state index contributed by atoms with van der Waals surface area (Å²) < 4.78 is 3.83. The normalized spacial score (nSPS) is 11.5. The summed E-state index contributed by atoms with van der Waals surface area (Å²) in [6.45, 7) is 0. The van der Waals surface area contributed by atoms with Crippen LogP contribution in [0.3, 0.4) is 0 Å². The molecule has 3 heterocycles. The van der Waals surface area contributed by atoms with Crippen LogP contribution < -0.4 is 0 Å². The van der Waals surface area contributed by atoms with Crippen LogP contribution in [0.25, 0.3) is 86.0 Å². The number of fused-ring (bicyclic) bond motifs is 4. The Morgan fingerprint density at radius 1 is 0.326 bits per heavy atom. The molecule has 9 aromatic rings. The topological polar surface area (TPSA) is 38.7 Å². The number of thiophene rings is 2. The summed E-state index contributed by atoms with van der Waals surface area (Å²) in [5, 5.41) is 3.75. The van der Waals surface area contributed by atoms with Crippen molar-refractivity contribution in [1.82, 2.24) is 15.0 Å². The molecule has 0 amide bonds. The molecule has 0 spiro atoms. The fourth-order valence-corrected chi connectivity index (χ4v) is 8.13. The van der Waals surface area contributed by atoms with E-state index in [2.05, 4.69) is 146 Å². The standard InChI is InChI=1S/C41H25N3S2/c1-2-8-26(9-3-1)27-14-18-29(19-15-27)39-42-40(30-20-16-28(17-21-30)38-25-31-10-4-6-12-35(31)45-38)44-41(43-39)32-22-23-37-34(24-32)33-11-5-7-13-36(33)46-37/h1-25H. The van der Waals surface area contributed by atoms with E-state index in [1.165, 1.54) is 46.3 Å². The molecule has 6 aromatic carbocycles. The Balaban J connectivity index is 1.15. The van der Waals surface area contributed by atoms with Gasteiger partial charge in [0.15, 0.2) is 17.5 Å². The van der Waals surface area contributed by atoms with Crippen LogP contribution in [0.4, 0.5) is 0 Å². The molecule has 46 heavy (non-hydrogen) atoms. The first-order valence-electron chi connectivity index (χ1n) is 15.2. The Morgan fingerprint density at radius 2 is 0.848 bits per heavy atom. The van der Waals surface area contributed by atoms with Crippen molar-refractivity contribution in [3.05, 3.63) is 152 Å². The van der Waals surface area contributed by atoms with E-state index in [-0.39, 0.29) is 0 Å². The first-order valence-corrected chi connectivity index (χ1v) is 16.8. The summed E-state index contributed by atoms with van der Waals surface area (Å²) in [7, 11) is 0. The van der Waals surface area contributed by atoms with E-state index in [0.717, 1.165) is 22.3 Å². The minimum atomic E-state index is 0.656. The highest BCUT2D eigenvalue weighted by atomic mass is 32.1. The molecule has 0 aliphatic rings. The lowest BCUT2D eigenvalue weighted by molar-refractivity contribution is 1.07. The second-order valence-electron chi connectivity index (χ2n) is 11.3. The van der Waals surface area contributed by atoms with Crippen molar-refractivity contribution in [1.29, 1.82) is 0 Å². The summed E-state index contributed by atoms with van der Waals surface area (Å²) in [5.41, 5.74) is 6.41. The molecule has 5 heteroatoms. The van der Waals surface area contributed by atoms with Gasteiger partial charge in [-0.25, -0.2) is 15.0 Å². The van der Waals surface area contributed by atoms with Gasteiger partial charge in [0.25, 0.3) is 0 Å². The van der Waals surface area contributed by atoms with Crippen molar-refractivity contribution in [3.63, 3.8) is 0 Å². The van der Waals surface area contributed by atoms with Gasteiger partial charge in [0.05, 0.1) is 0 Å². The maximum absolute atomic E-state index is 5.06. The minimum Gasteiger partial charge on any atom is -0.208 e. The molecule has 0 saturated carbocycles. The maximum atomic E-state index is 5.06. The number of rotatable bonds is 5. The van der Waals surface area contributed by atoms with Gasteiger partial charge in [0.1, 0.15) is 0 Å². The first kappa shape index (κ1) is 26.9. The minimum absolute atomic E-state index is 0.656. The summed E-state index contributed by atoms with van der Waals surface area (Å²) in [4.78, 5) is 16.4. The molecule has 3 nitrogen and oxygen atoms in total. The third-order valence-electron chi connectivity index (χ3n) is 8.37. The van der Waals surface area contributed by atoms with E-state index < -0.39 is 0 Å². The van der Waals surface area contributed by atoms with Crippen LogP contribution in [0.5, 0.6) is 0 Å². The van der Waals surface area contributed by atoms with Crippen molar-refractivity contribution in [2.24, 2.45) is 0 Å². The maximum Gasteiger partial charge on any atom is 0.164 e. The fraction of sp³-hybridized carbons (Fsp3) is 0. The highest BCUT2D eigenvalue weighted by molar-refractivity contribution is 7.25. The van der Waals surface area contributed by atoms with Crippen LogP contribution in [0.15, 0.2) is 152 Å². The number of aromatic nitrogens is 3. The molecule has 0 radical (unpaired) electrons. The molecule has 0 fully saturated rings. The van der Waals surface area contributed by atoms with Crippen LogP contribution in [-0.2, 0) is 0 Å².